The van der Waals surface area contributed by atoms with Gasteiger partial charge in [0.05, 0.1) is 10.5 Å². The Morgan fingerprint density at radius 2 is 1.96 bits per heavy atom. The molecule has 6 nitrogen and oxygen atoms in total. The summed E-state index contributed by atoms with van der Waals surface area (Å²) in [5.41, 5.74) is 0.328. The Balaban J connectivity index is 2.06. The van der Waals surface area contributed by atoms with Crippen LogP contribution >= 0.6 is 0 Å². The number of aromatic nitrogens is 1. The van der Waals surface area contributed by atoms with E-state index in [0.717, 1.165) is 18.5 Å². The highest BCUT2D eigenvalue weighted by Gasteiger charge is 2.28. The zero-order chi connectivity index (χ0) is 18.7. The largest absolute Gasteiger partial charge is 0.468 e. The van der Waals surface area contributed by atoms with Crippen LogP contribution in [0.1, 0.15) is 10.4 Å². The number of pyridine rings is 1. The molecule has 10 heteroatoms. The number of sulfone groups is 1. The maximum atomic E-state index is 12.1. The van der Waals surface area contributed by atoms with Crippen LogP contribution in [0.15, 0.2) is 47.5 Å². The maximum absolute atomic E-state index is 12.1. The number of hydrogen-bond donors (Lipinski definition) is 1. The first kappa shape index (κ1) is 18.7. The van der Waals surface area contributed by atoms with E-state index in [-0.39, 0.29) is 22.0 Å². The number of rotatable bonds is 5. The van der Waals surface area contributed by atoms with Gasteiger partial charge in [-0.2, -0.15) is 13.2 Å². The van der Waals surface area contributed by atoms with Gasteiger partial charge in [-0.05, 0) is 24.3 Å². The molecule has 1 heterocycles. The molecule has 0 saturated heterocycles. The molecule has 0 saturated carbocycles. The summed E-state index contributed by atoms with van der Waals surface area (Å²) in [6, 6.07) is 8.03. The lowest BCUT2D eigenvalue weighted by Gasteiger charge is -2.09. The molecule has 1 N–H and O–H groups in total. The lowest BCUT2D eigenvalue weighted by atomic mass is 10.2. The number of alkyl halides is 3. The maximum Gasteiger partial charge on any atom is 0.422 e. The Labute approximate surface area is 141 Å². The second-order valence-corrected chi connectivity index (χ2v) is 7.06. The van der Waals surface area contributed by atoms with Gasteiger partial charge in [-0.25, -0.2) is 13.4 Å². The SMILES string of the molecule is CS(=O)(=O)c1cccc(NC(=O)c2ccc(OCC(F)(F)F)nc2)c1. The van der Waals surface area contributed by atoms with Crippen molar-refractivity contribution in [3.63, 3.8) is 0 Å². The van der Waals surface area contributed by atoms with Crippen molar-refractivity contribution < 1.29 is 31.1 Å². The number of ether oxygens (including phenoxy) is 1. The van der Waals surface area contributed by atoms with Gasteiger partial charge in [0.1, 0.15) is 0 Å². The van der Waals surface area contributed by atoms with Gasteiger partial charge in [0.15, 0.2) is 16.4 Å². The van der Waals surface area contributed by atoms with Crippen LogP contribution in [-0.4, -0.2) is 38.3 Å². The van der Waals surface area contributed by atoms with Crippen LogP contribution < -0.4 is 10.1 Å². The number of amides is 1. The number of halogens is 3. The van der Waals surface area contributed by atoms with Crippen LogP contribution in [0.3, 0.4) is 0 Å². The standard InChI is InChI=1S/C15H13F3N2O4S/c1-25(22,23)12-4-2-3-11(7-12)20-14(21)10-5-6-13(19-8-10)24-9-15(16,17)18/h2-8H,9H2,1H3,(H,20,21). The predicted octanol–water partition coefficient (Wildman–Crippen LogP) is 2.68. The molecule has 0 unspecified atom stereocenters. The molecule has 25 heavy (non-hydrogen) atoms. The molecule has 0 atom stereocenters. The van der Waals surface area contributed by atoms with E-state index in [0.29, 0.717) is 0 Å². The summed E-state index contributed by atoms with van der Waals surface area (Å²) in [5.74, 6) is -0.867. The van der Waals surface area contributed by atoms with Crippen LogP contribution in [0, 0.1) is 0 Å². The third-order valence-electron chi connectivity index (χ3n) is 2.90. The highest BCUT2D eigenvalue weighted by atomic mass is 32.2. The summed E-state index contributed by atoms with van der Waals surface area (Å²) >= 11 is 0. The number of nitrogens with zero attached hydrogens (tertiary/aromatic N) is 1. The van der Waals surface area contributed by atoms with Crippen molar-refractivity contribution in [1.29, 1.82) is 0 Å². The first-order valence-corrected chi connectivity index (χ1v) is 8.71. The molecule has 134 valence electrons. The summed E-state index contributed by atoms with van der Waals surface area (Å²) in [5, 5.41) is 2.48. The quantitative estimate of drug-likeness (QED) is 0.870. The molecule has 1 aromatic heterocycles. The Morgan fingerprint density at radius 3 is 2.52 bits per heavy atom. The highest BCUT2D eigenvalue weighted by molar-refractivity contribution is 7.90. The van der Waals surface area contributed by atoms with Crippen LogP contribution in [0.5, 0.6) is 5.88 Å². The second-order valence-electron chi connectivity index (χ2n) is 5.04. The molecular formula is C15H13F3N2O4S. The van der Waals surface area contributed by atoms with Crippen LogP contribution in [-0.2, 0) is 9.84 Å². The Morgan fingerprint density at radius 1 is 1.24 bits per heavy atom. The molecular weight excluding hydrogens is 361 g/mol. The summed E-state index contributed by atoms with van der Waals surface area (Å²) in [6.45, 7) is -1.48. The van der Waals surface area contributed by atoms with E-state index < -0.39 is 28.5 Å². The summed E-state index contributed by atoms with van der Waals surface area (Å²) < 4.78 is 63.6. The lowest BCUT2D eigenvalue weighted by Crippen LogP contribution is -2.19. The van der Waals surface area contributed by atoms with Crippen LogP contribution in [0.2, 0.25) is 0 Å². The average Bonchev–Trinajstić information content (AvgIpc) is 2.52. The second kappa shape index (κ2) is 7.09. The minimum atomic E-state index is -4.48. The molecule has 0 aliphatic rings. The number of carbonyl (C=O) groups excluding carboxylic acids is 1. The van der Waals surface area contributed by atoms with E-state index in [4.69, 9.17) is 0 Å². The number of hydrogen-bond acceptors (Lipinski definition) is 5. The summed E-state index contributed by atoms with van der Waals surface area (Å²) in [7, 11) is -3.42. The smallest absolute Gasteiger partial charge is 0.422 e. The molecule has 0 radical (unpaired) electrons. The molecule has 0 aliphatic carbocycles. The van der Waals surface area contributed by atoms with Gasteiger partial charge in [0, 0.05) is 24.2 Å². The van der Waals surface area contributed by atoms with Crippen molar-refractivity contribution in [2.24, 2.45) is 0 Å². The van der Waals surface area contributed by atoms with E-state index in [1.165, 1.54) is 30.3 Å². The van der Waals surface area contributed by atoms with Gasteiger partial charge < -0.3 is 10.1 Å². The monoisotopic (exact) mass is 374 g/mol. The average molecular weight is 374 g/mol. The zero-order valence-electron chi connectivity index (χ0n) is 12.9. The Bertz CT molecular complexity index is 865. The number of carbonyl (C=O) groups is 1. The van der Waals surface area contributed by atoms with Gasteiger partial charge in [0.25, 0.3) is 5.91 Å². The highest BCUT2D eigenvalue weighted by Crippen LogP contribution is 2.18. The van der Waals surface area contributed by atoms with Crippen molar-refractivity contribution in [3.05, 3.63) is 48.2 Å². The van der Waals surface area contributed by atoms with Gasteiger partial charge in [-0.1, -0.05) is 6.07 Å². The molecule has 0 fully saturated rings. The van der Waals surface area contributed by atoms with Gasteiger partial charge in [-0.3, -0.25) is 4.79 Å². The fraction of sp³-hybridized carbons (Fsp3) is 0.200. The minimum absolute atomic E-state index is 0.0410. The van der Waals surface area contributed by atoms with Crippen molar-refractivity contribution in [3.8, 4) is 5.88 Å². The molecule has 1 aromatic carbocycles. The fourth-order valence-corrected chi connectivity index (χ4v) is 2.43. The van der Waals surface area contributed by atoms with Crippen molar-refractivity contribution in [2.75, 3.05) is 18.2 Å². The summed E-state index contributed by atoms with van der Waals surface area (Å²) in [4.78, 5) is 15.7. The molecule has 2 rings (SSSR count). The summed E-state index contributed by atoms with van der Waals surface area (Å²) in [6.07, 6.45) is -2.39. The number of anilines is 1. The molecule has 0 bridgehead atoms. The van der Waals surface area contributed by atoms with E-state index in [9.17, 15) is 26.4 Å². The molecule has 0 aliphatic heterocycles. The van der Waals surface area contributed by atoms with Crippen molar-refractivity contribution in [1.82, 2.24) is 4.98 Å². The lowest BCUT2D eigenvalue weighted by molar-refractivity contribution is -0.154. The third kappa shape index (κ3) is 5.75. The molecule has 1 amide bonds. The van der Waals surface area contributed by atoms with E-state index in [1.807, 2.05) is 0 Å². The van der Waals surface area contributed by atoms with Crippen molar-refractivity contribution >= 4 is 21.4 Å². The molecule has 0 spiro atoms. The Hall–Kier alpha value is -2.62. The van der Waals surface area contributed by atoms with E-state index in [2.05, 4.69) is 15.0 Å². The van der Waals surface area contributed by atoms with Gasteiger partial charge in [0.2, 0.25) is 5.88 Å². The number of nitrogens with one attached hydrogen (secondary N) is 1. The van der Waals surface area contributed by atoms with Crippen molar-refractivity contribution in [2.45, 2.75) is 11.1 Å². The first-order valence-electron chi connectivity index (χ1n) is 6.82. The zero-order valence-corrected chi connectivity index (χ0v) is 13.7. The minimum Gasteiger partial charge on any atom is -0.468 e. The van der Waals surface area contributed by atoms with E-state index in [1.54, 1.807) is 0 Å². The molecule has 2 aromatic rings. The van der Waals surface area contributed by atoms with Gasteiger partial charge in [-0.15, -0.1) is 0 Å². The van der Waals surface area contributed by atoms with Crippen LogP contribution in [0.4, 0.5) is 18.9 Å². The third-order valence-corrected chi connectivity index (χ3v) is 4.01. The normalized spacial score (nSPS) is 11.8. The van der Waals surface area contributed by atoms with Gasteiger partial charge >= 0.3 is 6.18 Å². The fourth-order valence-electron chi connectivity index (χ4n) is 1.76. The Kier molecular flexibility index (Phi) is 5.31. The first-order chi connectivity index (χ1) is 11.5. The topological polar surface area (TPSA) is 85.4 Å². The predicted molar refractivity (Wildman–Crippen MR) is 83.3 cm³/mol. The number of benzene rings is 1. The van der Waals surface area contributed by atoms with E-state index >= 15 is 0 Å². The van der Waals surface area contributed by atoms with Crippen LogP contribution in [0.25, 0.3) is 0 Å².